The van der Waals surface area contributed by atoms with Crippen LogP contribution in [0.3, 0.4) is 0 Å². The van der Waals surface area contributed by atoms with Gasteiger partial charge in [0.2, 0.25) is 5.91 Å². The minimum atomic E-state index is -0.895. The van der Waals surface area contributed by atoms with Gasteiger partial charge in [-0.25, -0.2) is 4.79 Å². The Balaban J connectivity index is 1.61. The summed E-state index contributed by atoms with van der Waals surface area (Å²) in [4.78, 5) is 30.4. The smallest absolute Gasteiger partial charge is 0.410 e. The van der Waals surface area contributed by atoms with Gasteiger partial charge in [0.15, 0.2) is 11.5 Å². The van der Waals surface area contributed by atoms with Gasteiger partial charge in [0.1, 0.15) is 24.4 Å². The Morgan fingerprint density at radius 2 is 1.89 bits per heavy atom. The Morgan fingerprint density at radius 1 is 1.25 bits per heavy atom. The van der Waals surface area contributed by atoms with Crippen LogP contribution in [0.1, 0.15) is 39.3 Å². The normalized spacial score (nSPS) is 18.5. The van der Waals surface area contributed by atoms with Crippen LogP contribution in [-0.4, -0.2) is 59.3 Å². The van der Waals surface area contributed by atoms with E-state index in [1.807, 2.05) is 20.8 Å². The molecule has 0 unspecified atom stereocenters. The minimum absolute atomic E-state index is 0.353. The number of nitrogens with one attached hydrogen (secondary N) is 1. The van der Waals surface area contributed by atoms with Gasteiger partial charge in [-0.3, -0.25) is 15.1 Å². The highest BCUT2D eigenvalue weighted by molar-refractivity contribution is 5.85. The van der Waals surface area contributed by atoms with Crippen molar-refractivity contribution < 1.29 is 23.8 Å². The molecule has 0 aliphatic carbocycles. The number of nitrogens with two attached hydrogens (primary N) is 1. The number of pyridine rings is 1. The molecule has 3 N–H and O–H groups in total. The molecule has 2 amide bonds. The van der Waals surface area contributed by atoms with Crippen molar-refractivity contribution >= 4 is 12.0 Å². The van der Waals surface area contributed by atoms with Gasteiger partial charge in [-0.05, 0) is 33.6 Å². The van der Waals surface area contributed by atoms with Gasteiger partial charge in [-0.2, -0.15) is 0 Å². The summed E-state index contributed by atoms with van der Waals surface area (Å²) in [7, 11) is 0. The summed E-state index contributed by atoms with van der Waals surface area (Å²) >= 11 is 0. The molecule has 2 aliphatic heterocycles. The molecular weight excluding hydrogens is 364 g/mol. The number of carbonyl (C=O) groups excluding carboxylic acids is 2. The predicted molar refractivity (Wildman–Crippen MR) is 101 cm³/mol. The lowest BCUT2D eigenvalue weighted by Crippen LogP contribution is -2.61. The van der Waals surface area contributed by atoms with E-state index in [1.54, 1.807) is 17.2 Å². The van der Waals surface area contributed by atoms with E-state index in [-0.39, 0.29) is 6.09 Å². The highest BCUT2D eigenvalue weighted by Crippen LogP contribution is 2.30. The van der Waals surface area contributed by atoms with Crippen molar-refractivity contribution in [2.75, 3.05) is 26.3 Å². The Labute approximate surface area is 164 Å². The highest BCUT2D eigenvalue weighted by atomic mass is 16.6. The quantitative estimate of drug-likeness (QED) is 0.791. The topological polar surface area (TPSA) is 116 Å². The highest BCUT2D eigenvalue weighted by Gasteiger charge is 2.41. The summed E-state index contributed by atoms with van der Waals surface area (Å²) in [5, 5.41) is 3.25. The average molecular weight is 392 g/mol. The molecule has 3 heterocycles. The van der Waals surface area contributed by atoms with Crippen LogP contribution in [0.2, 0.25) is 0 Å². The number of likely N-dealkylation sites (tertiary alicyclic amines) is 1. The molecule has 1 aromatic rings. The molecule has 3 rings (SSSR count). The third kappa shape index (κ3) is 4.64. The zero-order valence-corrected chi connectivity index (χ0v) is 16.6. The van der Waals surface area contributed by atoms with E-state index in [0.29, 0.717) is 57.2 Å². The molecule has 0 atom stereocenters. The molecule has 0 aromatic carbocycles. The Bertz CT molecular complexity index is 738. The molecule has 0 radical (unpaired) electrons. The fourth-order valence-corrected chi connectivity index (χ4v) is 3.25. The minimum Gasteiger partial charge on any atom is -0.486 e. The molecule has 9 nitrogen and oxygen atoms in total. The second kappa shape index (κ2) is 7.83. The van der Waals surface area contributed by atoms with E-state index in [4.69, 9.17) is 19.9 Å². The average Bonchev–Trinajstić information content (AvgIpc) is 2.65. The van der Waals surface area contributed by atoms with Crippen LogP contribution in [0.15, 0.2) is 12.3 Å². The van der Waals surface area contributed by atoms with Gasteiger partial charge in [0.25, 0.3) is 0 Å². The van der Waals surface area contributed by atoms with Crippen molar-refractivity contribution in [3.05, 3.63) is 18.0 Å². The molecular formula is C19H28N4O5. The van der Waals surface area contributed by atoms with E-state index in [9.17, 15) is 9.59 Å². The third-order valence-electron chi connectivity index (χ3n) is 4.83. The second-order valence-electron chi connectivity index (χ2n) is 8.09. The first-order chi connectivity index (χ1) is 13.2. The lowest BCUT2D eigenvalue weighted by molar-refractivity contribution is -0.126. The maximum Gasteiger partial charge on any atom is 0.410 e. The summed E-state index contributed by atoms with van der Waals surface area (Å²) < 4.78 is 16.4. The Kier molecular flexibility index (Phi) is 5.64. The molecule has 1 fully saturated rings. The maximum absolute atomic E-state index is 12.2. The number of amides is 2. The number of aromatic nitrogens is 1. The van der Waals surface area contributed by atoms with Crippen LogP contribution in [0, 0.1) is 0 Å². The number of hydrogen-bond acceptors (Lipinski definition) is 7. The maximum atomic E-state index is 12.2. The molecule has 9 heteroatoms. The van der Waals surface area contributed by atoms with Crippen LogP contribution in [-0.2, 0) is 16.1 Å². The summed E-state index contributed by atoms with van der Waals surface area (Å²) in [6.45, 7) is 7.60. The number of hydrogen-bond donors (Lipinski definition) is 2. The molecule has 2 aliphatic rings. The molecule has 0 bridgehead atoms. The first-order valence-electron chi connectivity index (χ1n) is 9.46. The second-order valence-corrected chi connectivity index (χ2v) is 8.09. The Morgan fingerprint density at radius 3 is 2.50 bits per heavy atom. The zero-order valence-electron chi connectivity index (χ0n) is 16.6. The van der Waals surface area contributed by atoms with Crippen LogP contribution < -0.4 is 20.5 Å². The van der Waals surface area contributed by atoms with E-state index < -0.39 is 17.0 Å². The van der Waals surface area contributed by atoms with Crippen LogP contribution in [0.5, 0.6) is 11.5 Å². The summed E-state index contributed by atoms with van der Waals surface area (Å²) in [6.07, 6.45) is 2.06. The van der Waals surface area contributed by atoms with Crippen LogP contribution >= 0.6 is 0 Å². The lowest BCUT2D eigenvalue weighted by Gasteiger charge is -2.40. The summed E-state index contributed by atoms with van der Waals surface area (Å²) in [5.74, 6) is 0.824. The van der Waals surface area contributed by atoms with E-state index in [0.717, 1.165) is 5.69 Å². The summed E-state index contributed by atoms with van der Waals surface area (Å²) in [6, 6.07) is 1.80. The van der Waals surface area contributed by atoms with Crippen LogP contribution in [0.4, 0.5) is 4.79 Å². The standard InChI is InChI=1S/C19H28N4O5/c1-18(2,3)28-17(25)23-6-4-19(5-7-23,16(20)24)22-11-13-10-14-15(12-21-13)27-9-8-26-14/h10,12,22H,4-9,11H2,1-3H3,(H2,20,24). The SMILES string of the molecule is CC(C)(C)OC(=O)N1CCC(NCc2cc3c(cn2)OCCO3)(C(N)=O)CC1. The van der Waals surface area contributed by atoms with Gasteiger partial charge in [0.05, 0.1) is 11.9 Å². The van der Waals surface area contributed by atoms with E-state index in [1.165, 1.54) is 0 Å². The number of ether oxygens (including phenoxy) is 3. The van der Waals surface area contributed by atoms with Gasteiger partial charge < -0.3 is 24.8 Å². The van der Waals surface area contributed by atoms with Crippen molar-refractivity contribution in [1.29, 1.82) is 0 Å². The molecule has 1 aromatic heterocycles. The largest absolute Gasteiger partial charge is 0.486 e. The molecule has 28 heavy (non-hydrogen) atoms. The predicted octanol–water partition coefficient (Wildman–Crippen LogP) is 1.20. The fourth-order valence-electron chi connectivity index (χ4n) is 3.25. The molecule has 0 spiro atoms. The van der Waals surface area contributed by atoms with Crippen molar-refractivity contribution in [3.8, 4) is 11.5 Å². The Hall–Kier alpha value is -2.55. The first kappa shape index (κ1) is 20.2. The number of piperidine rings is 1. The van der Waals surface area contributed by atoms with Crippen molar-refractivity contribution in [3.63, 3.8) is 0 Å². The number of carbonyl (C=O) groups is 2. The molecule has 0 saturated carbocycles. The van der Waals surface area contributed by atoms with Gasteiger partial charge in [-0.1, -0.05) is 0 Å². The third-order valence-corrected chi connectivity index (χ3v) is 4.83. The van der Waals surface area contributed by atoms with Crippen molar-refractivity contribution in [2.24, 2.45) is 5.73 Å². The van der Waals surface area contributed by atoms with Crippen molar-refractivity contribution in [1.82, 2.24) is 15.2 Å². The van der Waals surface area contributed by atoms with Gasteiger partial charge >= 0.3 is 6.09 Å². The van der Waals surface area contributed by atoms with Gasteiger partial charge in [-0.15, -0.1) is 0 Å². The van der Waals surface area contributed by atoms with Crippen LogP contribution in [0.25, 0.3) is 0 Å². The van der Waals surface area contributed by atoms with Crippen molar-refractivity contribution in [2.45, 2.75) is 51.3 Å². The fraction of sp³-hybridized carbons (Fsp3) is 0.632. The van der Waals surface area contributed by atoms with Gasteiger partial charge in [0, 0.05) is 25.7 Å². The molecule has 1 saturated heterocycles. The first-order valence-corrected chi connectivity index (χ1v) is 9.46. The van der Waals surface area contributed by atoms with E-state index >= 15 is 0 Å². The summed E-state index contributed by atoms with van der Waals surface area (Å²) in [5.41, 5.74) is 4.97. The number of nitrogens with zero attached hydrogens (tertiary/aromatic N) is 2. The zero-order chi connectivity index (χ0) is 20.4. The molecule has 154 valence electrons. The number of fused-ring (bicyclic) bond motifs is 1. The monoisotopic (exact) mass is 392 g/mol. The number of rotatable bonds is 4. The number of primary amides is 1. The van der Waals surface area contributed by atoms with E-state index in [2.05, 4.69) is 10.3 Å². The lowest BCUT2D eigenvalue weighted by atomic mass is 9.86.